The van der Waals surface area contributed by atoms with Gasteiger partial charge < -0.3 is 10.5 Å². The van der Waals surface area contributed by atoms with Gasteiger partial charge in [0.05, 0.1) is 5.60 Å². The SMILES string of the molecule is COC1(CCc2ccc(C3(N)CCCCC3)cc2)CC1. The van der Waals surface area contributed by atoms with Crippen molar-refractivity contribution in [3.63, 3.8) is 0 Å². The van der Waals surface area contributed by atoms with Crippen LogP contribution in [0.1, 0.15) is 62.5 Å². The second-order valence-electron chi connectivity index (χ2n) is 6.80. The van der Waals surface area contributed by atoms with E-state index in [0.29, 0.717) is 0 Å². The van der Waals surface area contributed by atoms with E-state index < -0.39 is 0 Å². The van der Waals surface area contributed by atoms with E-state index in [1.54, 1.807) is 0 Å². The molecule has 0 bridgehead atoms. The van der Waals surface area contributed by atoms with Gasteiger partial charge in [-0.05, 0) is 49.7 Å². The molecule has 3 rings (SSSR count). The predicted octanol–water partition coefficient (Wildman–Crippen LogP) is 3.92. The van der Waals surface area contributed by atoms with Crippen LogP contribution in [0, 0.1) is 0 Å². The third kappa shape index (κ3) is 2.91. The van der Waals surface area contributed by atoms with Crippen molar-refractivity contribution in [1.82, 2.24) is 0 Å². The standard InChI is InChI=1S/C18H27NO/c1-20-17(13-14-17)12-9-15-5-7-16(8-6-15)18(19)10-3-2-4-11-18/h5-8H,2-4,9-14,19H2,1H3. The van der Waals surface area contributed by atoms with E-state index in [-0.39, 0.29) is 11.1 Å². The van der Waals surface area contributed by atoms with Gasteiger partial charge in [0.25, 0.3) is 0 Å². The van der Waals surface area contributed by atoms with E-state index in [0.717, 1.165) is 25.7 Å². The molecule has 2 heteroatoms. The lowest BCUT2D eigenvalue weighted by atomic mass is 9.77. The minimum atomic E-state index is -0.0684. The summed E-state index contributed by atoms with van der Waals surface area (Å²) in [5, 5.41) is 0. The molecule has 0 atom stereocenters. The maximum atomic E-state index is 6.59. The Morgan fingerprint density at radius 3 is 2.20 bits per heavy atom. The molecule has 1 aromatic rings. The normalized spacial score (nSPS) is 23.5. The molecule has 1 aromatic carbocycles. The van der Waals surface area contributed by atoms with E-state index in [4.69, 9.17) is 10.5 Å². The predicted molar refractivity (Wildman–Crippen MR) is 82.7 cm³/mol. The third-order valence-corrected chi connectivity index (χ3v) is 5.38. The first kappa shape index (κ1) is 14.1. The Balaban J connectivity index is 1.62. The number of hydrogen-bond acceptors (Lipinski definition) is 2. The van der Waals surface area contributed by atoms with Crippen LogP contribution in [-0.4, -0.2) is 12.7 Å². The van der Waals surface area contributed by atoms with Gasteiger partial charge in [-0.15, -0.1) is 0 Å². The first-order valence-corrected chi connectivity index (χ1v) is 8.09. The average molecular weight is 273 g/mol. The molecule has 0 aromatic heterocycles. The highest BCUT2D eigenvalue weighted by molar-refractivity contribution is 5.29. The van der Waals surface area contributed by atoms with Gasteiger partial charge in [0.2, 0.25) is 0 Å². The van der Waals surface area contributed by atoms with Crippen molar-refractivity contribution in [3.8, 4) is 0 Å². The van der Waals surface area contributed by atoms with Crippen LogP contribution in [0.4, 0.5) is 0 Å². The highest BCUT2D eigenvalue weighted by Gasteiger charge is 2.42. The van der Waals surface area contributed by atoms with Crippen molar-refractivity contribution in [2.45, 2.75) is 68.9 Å². The first-order chi connectivity index (χ1) is 9.66. The molecular formula is C18H27NO. The lowest BCUT2D eigenvalue weighted by Gasteiger charge is -2.34. The summed E-state index contributed by atoms with van der Waals surface area (Å²) < 4.78 is 5.59. The van der Waals surface area contributed by atoms with Crippen molar-refractivity contribution in [3.05, 3.63) is 35.4 Å². The lowest BCUT2D eigenvalue weighted by molar-refractivity contribution is 0.0731. The van der Waals surface area contributed by atoms with Crippen molar-refractivity contribution in [1.29, 1.82) is 0 Å². The van der Waals surface area contributed by atoms with E-state index in [2.05, 4.69) is 24.3 Å². The molecule has 2 aliphatic rings. The number of nitrogens with two attached hydrogens (primary N) is 1. The van der Waals surface area contributed by atoms with Crippen molar-refractivity contribution in [2.24, 2.45) is 5.73 Å². The molecule has 2 saturated carbocycles. The van der Waals surface area contributed by atoms with E-state index in [1.807, 2.05) is 7.11 Å². The molecule has 2 fully saturated rings. The summed E-state index contributed by atoms with van der Waals surface area (Å²) in [5.74, 6) is 0. The van der Waals surface area contributed by atoms with Crippen LogP contribution in [0.5, 0.6) is 0 Å². The van der Waals surface area contributed by atoms with Crippen LogP contribution in [0.25, 0.3) is 0 Å². The number of ether oxygens (including phenoxy) is 1. The second-order valence-corrected chi connectivity index (χ2v) is 6.80. The summed E-state index contributed by atoms with van der Waals surface area (Å²) in [4.78, 5) is 0. The molecule has 110 valence electrons. The van der Waals surface area contributed by atoms with Crippen molar-refractivity contribution < 1.29 is 4.74 Å². The number of benzene rings is 1. The summed E-state index contributed by atoms with van der Waals surface area (Å²) in [6, 6.07) is 9.05. The van der Waals surface area contributed by atoms with E-state index >= 15 is 0 Å². The molecule has 0 unspecified atom stereocenters. The van der Waals surface area contributed by atoms with Gasteiger partial charge in [0.15, 0.2) is 0 Å². The Hall–Kier alpha value is -0.860. The molecule has 2 N–H and O–H groups in total. The Kier molecular flexibility index (Phi) is 3.87. The molecule has 0 aliphatic heterocycles. The maximum absolute atomic E-state index is 6.59. The third-order valence-electron chi connectivity index (χ3n) is 5.38. The number of aryl methyl sites for hydroxylation is 1. The highest BCUT2D eigenvalue weighted by Crippen LogP contribution is 2.43. The van der Waals surface area contributed by atoms with E-state index in [9.17, 15) is 0 Å². The molecule has 0 amide bonds. The number of hydrogen-bond donors (Lipinski definition) is 1. The largest absolute Gasteiger partial charge is 0.378 e. The number of rotatable bonds is 5. The molecule has 20 heavy (non-hydrogen) atoms. The Morgan fingerprint density at radius 2 is 1.65 bits per heavy atom. The fourth-order valence-corrected chi connectivity index (χ4v) is 3.54. The monoisotopic (exact) mass is 273 g/mol. The molecule has 2 nitrogen and oxygen atoms in total. The summed E-state index contributed by atoms with van der Waals surface area (Å²) >= 11 is 0. The van der Waals surface area contributed by atoms with Gasteiger partial charge in [-0.1, -0.05) is 43.5 Å². The van der Waals surface area contributed by atoms with Crippen LogP contribution < -0.4 is 5.73 Å². The summed E-state index contributed by atoms with van der Waals surface area (Å²) in [5.41, 5.74) is 9.46. The van der Waals surface area contributed by atoms with Gasteiger partial charge in [-0.25, -0.2) is 0 Å². The zero-order valence-electron chi connectivity index (χ0n) is 12.7. The quantitative estimate of drug-likeness (QED) is 0.882. The molecule has 0 saturated heterocycles. The summed E-state index contributed by atoms with van der Waals surface area (Å²) in [6.45, 7) is 0. The zero-order chi connectivity index (χ0) is 14.1. The minimum Gasteiger partial charge on any atom is -0.378 e. The molecule has 0 spiro atoms. The van der Waals surface area contributed by atoms with Crippen LogP contribution >= 0.6 is 0 Å². The Bertz CT molecular complexity index is 441. The topological polar surface area (TPSA) is 35.2 Å². The van der Waals surface area contributed by atoms with Crippen molar-refractivity contribution in [2.75, 3.05) is 7.11 Å². The van der Waals surface area contributed by atoms with Crippen LogP contribution in [0.3, 0.4) is 0 Å². The maximum Gasteiger partial charge on any atom is 0.0684 e. The van der Waals surface area contributed by atoms with Gasteiger partial charge in [0, 0.05) is 12.6 Å². The van der Waals surface area contributed by atoms with Crippen LogP contribution in [0.2, 0.25) is 0 Å². The van der Waals surface area contributed by atoms with Gasteiger partial charge in [-0.2, -0.15) is 0 Å². The highest BCUT2D eigenvalue weighted by atomic mass is 16.5. The smallest absolute Gasteiger partial charge is 0.0684 e. The average Bonchev–Trinajstić information content (AvgIpc) is 3.27. The first-order valence-electron chi connectivity index (χ1n) is 8.09. The molecule has 2 aliphatic carbocycles. The van der Waals surface area contributed by atoms with Gasteiger partial charge in [-0.3, -0.25) is 0 Å². The van der Waals surface area contributed by atoms with Gasteiger partial charge in [0.1, 0.15) is 0 Å². The fourth-order valence-electron chi connectivity index (χ4n) is 3.54. The van der Waals surface area contributed by atoms with Gasteiger partial charge >= 0.3 is 0 Å². The zero-order valence-corrected chi connectivity index (χ0v) is 12.7. The molecular weight excluding hydrogens is 246 g/mol. The fraction of sp³-hybridized carbons (Fsp3) is 0.667. The summed E-state index contributed by atoms with van der Waals surface area (Å²) in [7, 11) is 1.84. The second kappa shape index (κ2) is 5.50. The van der Waals surface area contributed by atoms with Crippen molar-refractivity contribution >= 4 is 0 Å². The lowest BCUT2D eigenvalue weighted by Crippen LogP contribution is -2.38. The van der Waals surface area contributed by atoms with Crippen LogP contribution in [0.15, 0.2) is 24.3 Å². The summed E-state index contributed by atoms with van der Waals surface area (Å²) in [6.07, 6.45) is 10.9. The van der Waals surface area contributed by atoms with Crippen LogP contribution in [-0.2, 0) is 16.7 Å². The Morgan fingerprint density at radius 1 is 1.00 bits per heavy atom. The molecule has 0 radical (unpaired) electrons. The Labute approximate surface area is 122 Å². The van der Waals surface area contributed by atoms with E-state index in [1.165, 1.54) is 43.2 Å². The number of methoxy groups -OCH3 is 1. The minimum absolute atomic E-state index is 0.0684. The molecule has 0 heterocycles.